The Morgan fingerprint density at radius 3 is 1.67 bits per heavy atom. The average Bonchev–Trinajstić information content (AvgIpc) is 3.60. The molecule has 0 radical (unpaired) electrons. The van der Waals surface area contributed by atoms with E-state index in [0.717, 1.165) is 84.3 Å². The number of rotatable bonds is 6. The van der Waals surface area contributed by atoms with Gasteiger partial charge in [-0.1, -0.05) is 133 Å². The summed E-state index contributed by atoms with van der Waals surface area (Å²) in [6, 6.07) is 70.6. The molecule has 3 heterocycles. The molecule has 4 heteroatoms. The summed E-state index contributed by atoms with van der Waals surface area (Å²) in [5, 5.41) is 4.80. The molecule has 1 aliphatic rings. The molecule has 55 heavy (non-hydrogen) atoms. The van der Waals surface area contributed by atoms with Gasteiger partial charge in [0.15, 0.2) is 11.5 Å². The van der Waals surface area contributed by atoms with Crippen LogP contribution >= 0.6 is 0 Å². The molecular weight excluding hydrogens is 671 g/mol. The van der Waals surface area contributed by atoms with Crippen LogP contribution in [0.2, 0.25) is 0 Å². The zero-order chi connectivity index (χ0) is 36.3. The van der Waals surface area contributed by atoms with Gasteiger partial charge in [-0.2, -0.15) is 0 Å². The normalized spacial score (nSPS) is 11.8. The Morgan fingerprint density at radius 2 is 1.02 bits per heavy atom. The summed E-state index contributed by atoms with van der Waals surface area (Å²) in [6.07, 6.45) is 0. The number of benzene rings is 8. The van der Waals surface area contributed by atoms with Gasteiger partial charge in [-0.15, -0.1) is 0 Å². The van der Waals surface area contributed by atoms with Crippen molar-refractivity contribution >= 4 is 49.6 Å². The molecule has 1 aliphatic heterocycles. The molecule has 0 saturated heterocycles. The molecule has 258 valence electrons. The van der Waals surface area contributed by atoms with E-state index >= 15 is 0 Å². The number of anilines is 3. The molecule has 8 aromatic carbocycles. The van der Waals surface area contributed by atoms with E-state index in [0.29, 0.717) is 0 Å². The fourth-order valence-corrected chi connectivity index (χ4v) is 8.21. The lowest BCUT2D eigenvalue weighted by Gasteiger charge is -2.27. The van der Waals surface area contributed by atoms with Crippen LogP contribution in [0.1, 0.15) is 0 Å². The van der Waals surface area contributed by atoms with Gasteiger partial charge in [0.25, 0.3) is 0 Å². The number of hydrogen-bond donors (Lipinski definition) is 0. The molecule has 10 aromatic rings. The number of pyridine rings is 1. The molecule has 2 aromatic heterocycles. The van der Waals surface area contributed by atoms with Crippen molar-refractivity contribution in [1.82, 2.24) is 9.55 Å². The lowest BCUT2D eigenvalue weighted by molar-refractivity contribution is 0.477. The van der Waals surface area contributed by atoms with E-state index in [4.69, 9.17) is 9.72 Å². The van der Waals surface area contributed by atoms with Crippen LogP contribution in [-0.2, 0) is 0 Å². The number of aromatic nitrogens is 2. The van der Waals surface area contributed by atoms with Crippen LogP contribution in [0, 0.1) is 0 Å². The van der Waals surface area contributed by atoms with Crippen LogP contribution in [0.4, 0.5) is 17.1 Å². The summed E-state index contributed by atoms with van der Waals surface area (Å²) < 4.78 is 9.48. The van der Waals surface area contributed by atoms with Crippen LogP contribution in [0.5, 0.6) is 11.5 Å². The van der Waals surface area contributed by atoms with E-state index in [2.05, 4.69) is 198 Å². The molecule has 4 nitrogen and oxygen atoms in total. The van der Waals surface area contributed by atoms with E-state index in [1.54, 1.807) is 0 Å². The van der Waals surface area contributed by atoms with Crippen molar-refractivity contribution in [2.75, 3.05) is 4.90 Å². The monoisotopic (exact) mass is 703 g/mol. The SMILES string of the molecule is c1ccc(-c2cc(-c3ccc4c(c3)Oc3cc(N(c5ccccc5)c5ccccc5)cc5c6c7ccccc7ccc6n-4c35)cc(-c3ccccc3)n2)cc1. The lowest BCUT2D eigenvalue weighted by atomic mass is 9.99. The Kier molecular flexibility index (Phi) is 7.14. The molecule has 0 aliphatic carbocycles. The minimum Gasteiger partial charge on any atom is -0.453 e. The van der Waals surface area contributed by atoms with Crippen molar-refractivity contribution in [3.05, 3.63) is 200 Å². The van der Waals surface area contributed by atoms with Crippen molar-refractivity contribution in [1.29, 1.82) is 0 Å². The third-order valence-electron chi connectivity index (χ3n) is 10.7. The fourth-order valence-electron chi connectivity index (χ4n) is 8.21. The van der Waals surface area contributed by atoms with Crippen LogP contribution < -0.4 is 9.64 Å². The molecular formula is C51H33N3O. The Labute approximate surface area is 318 Å². The van der Waals surface area contributed by atoms with Crippen molar-refractivity contribution < 1.29 is 4.74 Å². The number of fused-ring (bicyclic) bond motifs is 7. The van der Waals surface area contributed by atoms with Crippen LogP contribution in [-0.4, -0.2) is 9.55 Å². The van der Waals surface area contributed by atoms with Gasteiger partial charge >= 0.3 is 0 Å². The van der Waals surface area contributed by atoms with Gasteiger partial charge in [-0.25, -0.2) is 4.98 Å². The van der Waals surface area contributed by atoms with Crippen molar-refractivity contribution in [2.45, 2.75) is 0 Å². The minimum absolute atomic E-state index is 0.805. The molecule has 0 spiro atoms. The first-order valence-electron chi connectivity index (χ1n) is 18.6. The largest absolute Gasteiger partial charge is 0.453 e. The second-order valence-electron chi connectivity index (χ2n) is 14.0. The first-order chi connectivity index (χ1) is 27.3. The van der Waals surface area contributed by atoms with Crippen LogP contribution in [0.25, 0.3) is 71.9 Å². The quantitative estimate of drug-likeness (QED) is 0.173. The number of nitrogens with zero attached hydrogens (tertiary/aromatic N) is 3. The fraction of sp³-hybridized carbons (Fsp3) is 0. The maximum absolute atomic E-state index is 7.08. The summed E-state index contributed by atoms with van der Waals surface area (Å²) >= 11 is 0. The van der Waals surface area contributed by atoms with Crippen molar-refractivity contribution in [2.24, 2.45) is 0 Å². The number of hydrogen-bond acceptors (Lipinski definition) is 3. The average molecular weight is 704 g/mol. The van der Waals surface area contributed by atoms with Crippen molar-refractivity contribution in [3.8, 4) is 50.8 Å². The highest BCUT2D eigenvalue weighted by molar-refractivity contribution is 6.23. The maximum atomic E-state index is 7.08. The first-order valence-corrected chi connectivity index (χ1v) is 18.6. The second-order valence-corrected chi connectivity index (χ2v) is 14.0. The van der Waals surface area contributed by atoms with Gasteiger partial charge in [-0.3, -0.25) is 0 Å². The molecule has 0 unspecified atom stereocenters. The third-order valence-corrected chi connectivity index (χ3v) is 10.7. The van der Waals surface area contributed by atoms with Crippen LogP contribution in [0.3, 0.4) is 0 Å². The summed E-state index contributed by atoms with van der Waals surface area (Å²) in [5.41, 5.74) is 12.6. The van der Waals surface area contributed by atoms with E-state index in [1.165, 1.54) is 16.2 Å². The Morgan fingerprint density at radius 1 is 0.418 bits per heavy atom. The van der Waals surface area contributed by atoms with Gasteiger partial charge in [0.1, 0.15) is 0 Å². The number of para-hydroxylation sites is 2. The van der Waals surface area contributed by atoms with E-state index in [9.17, 15) is 0 Å². The summed E-state index contributed by atoms with van der Waals surface area (Å²) in [4.78, 5) is 7.44. The first kappa shape index (κ1) is 31.1. The van der Waals surface area contributed by atoms with Gasteiger partial charge in [0, 0.05) is 39.3 Å². The molecule has 0 fully saturated rings. The highest BCUT2D eigenvalue weighted by Gasteiger charge is 2.28. The second kappa shape index (κ2) is 12.6. The van der Waals surface area contributed by atoms with Gasteiger partial charge < -0.3 is 14.2 Å². The van der Waals surface area contributed by atoms with Crippen LogP contribution in [0.15, 0.2) is 200 Å². The zero-order valence-corrected chi connectivity index (χ0v) is 29.8. The summed E-state index contributed by atoms with van der Waals surface area (Å²) in [5.74, 6) is 1.62. The Hall–Kier alpha value is -7.43. The standard InChI is InChI=1S/C51H33N3O/c1-5-16-35(17-6-1)44-29-38(30-45(52-44)36-18-7-2-8-19-36)37-26-27-46-48(31-37)55-49-33-41(53(39-20-9-3-10-21-39)40-22-11-4-12-23-40)32-43-50-42-24-14-13-15-34(42)25-28-47(50)54(46)51(43)49/h1-33H. The van der Waals surface area contributed by atoms with Gasteiger partial charge in [-0.05, 0) is 82.6 Å². The summed E-state index contributed by atoms with van der Waals surface area (Å²) in [7, 11) is 0. The topological polar surface area (TPSA) is 30.3 Å². The zero-order valence-electron chi connectivity index (χ0n) is 29.8. The minimum atomic E-state index is 0.805. The maximum Gasteiger partial charge on any atom is 0.154 e. The van der Waals surface area contributed by atoms with Gasteiger partial charge in [0.2, 0.25) is 0 Å². The molecule has 11 rings (SSSR count). The van der Waals surface area contributed by atoms with Crippen molar-refractivity contribution in [3.63, 3.8) is 0 Å². The molecule has 0 N–H and O–H groups in total. The molecule has 0 atom stereocenters. The van der Waals surface area contributed by atoms with E-state index in [1.807, 2.05) is 12.1 Å². The highest BCUT2D eigenvalue weighted by Crippen LogP contribution is 2.51. The highest BCUT2D eigenvalue weighted by atomic mass is 16.5. The number of ether oxygens (including phenoxy) is 1. The predicted octanol–water partition coefficient (Wildman–Crippen LogP) is 13.9. The van der Waals surface area contributed by atoms with Gasteiger partial charge in [0.05, 0.1) is 33.8 Å². The predicted molar refractivity (Wildman–Crippen MR) is 227 cm³/mol. The molecule has 0 bridgehead atoms. The smallest absolute Gasteiger partial charge is 0.154 e. The van der Waals surface area contributed by atoms with E-state index < -0.39 is 0 Å². The molecule has 0 saturated carbocycles. The lowest BCUT2D eigenvalue weighted by Crippen LogP contribution is -2.11. The third kappa shape index (κ3) is 5.19. The Bertz CT molecular complexity index is 2950. The molecule has 0 amide bonds. The summed E-state index contributed by atoms with van der Waals surface area (Å²) in [6.45, 7) is 0. The Balaban J connectivity index is 1.15. The van der Waals surface area contributed by atoms with E-state index in [-0.39, 0.29) is 0 Å².